The van der Waals surface area contributed by atoms with Gasteiger partial charge in [0, 0.05) is 22.2 Å². The number of amides is 1. The van der Waals surface area contributed by atoms with Crippen molar-refractivity contribution in [1.29, 1.82) is 0 Å². The molecule has 1 aromatic heterocycles. The molecule has 0 unspecified atom stereocenters. The highest BCUT2D eigenvalue weighted by atomic mass is 35.5. The van der Waals surface area contributed by atoms with E-state index in [2.05, 4.69) is 5.32 Å². The molecule has 0 saturated carbocycles. The maximum atomic E-state index is 12.3. The number of ether oxygens (including phenoxy) is 1. The van der Waals surface area contributed by atoms with Gasteiger partial charge in [-0.2, -0.15) is 0 Å². The quantitative estimate of drug-likeness (QED) is 0.744. The predicted octanol–water partition coefficient (Wildman–Crippen LogP) is 3.71. The van der Waals surface area contributed by atoms with Crippen molar-refractivity contribution in [1.82, 2.24) is 0 Å². The van der Waals surface area contributed by atoms with Crippen LogP contribution in [0.2, 0.25) is 5.02 Å². The van der Waals surface area contributed by atoms with Gasteiger partial charge in [0.15, 0.2) is 0 Å². The van der Waals surface area contributed by atoms with Crippen LogP contribution in [0.3, 0.4) is 0 Å². The van der Waals surface area contributed by atoms with E-state index in [1.54, 1.807) is 42.5 Å². The summed E-state index contributed by atoms with van der Waals surface area (Å²) in [6.07, 6.45) is 0. The summed E-state index contributed by atoms with van der Waals surface area (Å²) in [5.41, 5.74) is 0.0834. The molecule has 0 radical (unpaired) electrons. The predicted molar refractivity (Wildman–Crippen MR) is 88.4 cm³/mol. The molecule has 3 rings (SSSR count). The van der Waals surface area contributed by atoms with Crippen molar-refractivity contribution in [3.05, 3.63) is 69.5 Å². The second kappa shape index (κ2) is 6.14. The Morgan fingerprint density at radius 1 is 1.17 bits per heavy atom. The zero-order valence-corrected chi connectivity index (χ0v) is 12.9. The summed E-state index contributed by atoms with van der Waals surface area (Å²) in [4.78, 5) is 24.3. The maximum absolute atomic E-state index is 12.3. The smallest absolute Gasteiger partial charge is 0.349 e. The number of benzene rings is 2. The molecular weight excluding hydrogens is 318 g/mol. The van der Waals surface area contributed by atoms with Crippen LogP contribution in [0.4, 0.5) is 5.69 Å². The highest BCUT2D eigenvalue weighted by molar-refractivity contribution is 6.31. The Bertz CT molecular complexity index is 949. The third-order valence-corrected chi connectivity index (χ3v) is 3.50. The van der Waals surface area contributed by atoms with Gasteiger partial charge in [-0.1, -0.05) is 17.7 Å². The van der Waals surface area contributed by atoms with E-state index in [-0.39, 0.29) is 5.56 Å². The van der Waals surface area contributed by atoms with Gasteiger partial charge in [0.2, 0.25) is 0 Å². The number of halogens is 1. The Kier molecular flexibility index (Phi) is 4.04. The van der Waals surface area contributed by atoms with Gasteiger partial charge in [-0.25, -0.2) is 4.79 Å². The van der Waals surface area contributed by atoms with Crippen LogP contribution >= 0.6 is 11.6 Å². The van der Waals surface area contributed by atoms with Crippen LogP contribution in [0.25, 0.3) is 11.0 Å². The van der Waals surface area contributed by atoms with Crippen molar-refractivity contribution in [2.45, 2.75) is 0 Å². The minimum atomic E-state index is -0.708. The molecule has 0 saturated heterocycles. The average Bonchev–Trinajstić information content (AvgIpc) is 2.54. The van der Waals surface area contributed by atoms with Crippen molar-refractivity contribution < 1.29 is 13.9 Å². The fraction of sp³-hybridized carbons (Fsp3) is 0.0588. The fourth-order valence-corrected chi connectivity index (χ4v) is 2.33. The zero-order chi connectivity index (χ0) is 16.4. The molecule has 1 amide bonds. The first-order chi connectivity index (χ1) is 11.1. The van der Waals surface area contributed by atoms with Crippen LogP contribution in [0.15, 0.2) is 57.7 Å². The standard InChI is InChI=1S/C17H12ClNO4/c1-22-13-4-2-3-12(9-13)19-16(20)14-8-10-7-11(18)5-6-15(10)23-17(14)21/h2-9H,1H3,(H,19,20). The first kappa shape index (κ1) is 15.1. The first-order valence-corrected chi connectivity index (χ1v) is 7.13. The second-order valence-corrected chi connectivity index (χ2v) is 5.25. The summed E-state index contributed by atoms with van der Waals surface area (Å²) < 4.78 is 10.2. The van der Waals surface area contributed by atoms with E-state index in [1.165, 1.54) is 13.2 Å². The molecule has 0 aliphatic carbocycles. The second-order valence-electron chi connectivity index (χ2n) is 4.82. The topological polar surface area (TPSA) is 68.5 Å². The summed E-state index contributed by atoms with van der Waals surface area (Å²) in [5, 5.41) is 3.71. The van der Waals surface area contributed by atoms with Crippen LogP contribution in [-0.2, 0) is 0 Å². The molecule has 6 heteroatoms. The van der Waals surface area contributed by atoms with Gasteiger partial charge in [0.1, 0.15) is 16.9 Å². The molecule has 0 atom stereocenters. The lowest BCUT2D eigenvalue weighted by Gasteiger charge is -2.07. The van der Waals surface area contributed by atoms with Gasteiger partial charge in [-0.05, 0) is 36.4 Å². The SMILES string of the molecule is COc1cccc(NC(=O)c2cc3cc(Cl)ccc3oc2=O)c1. The number of carbonyl (C=O) groups excluding carboxylic acids is 1. The molecule has 0 aliphatic heterocycles. The highest BCUT2D eigenvalue weighted by Gasteiger charge is 2.14. The zero-order valence-electron chi connectivity index (χ0n) is 12.1. The molecular formula is C17H12ClNO4. The minimum absolute atomic E-state index is 0.0948. The van der Waals surface area contributed by atoms with Crippen LogP contribution in [0, 0.1) is 0 Å². The Balaban J connectivity index is 1.96. The largest absolute Gasteiger partial charge is 0.497 e. The van der Waals surface area contributed by atoms with E-state index in [0.29, 0.717) is 27.4 Å². The summed E-state index contributed by atoms with van der Waals surface area (Å²) in [7, 11) is 1.53. The van der Waals surface area contributed by atoms with Crippen LogP contribution in [-0.4, -0.2) is 13.0 Å². The van der Waals surface area contributed by atoms with E-state index in [9.17, 15) is 9.59 Å². The lowest BCUT2D eigenvalue weighted by atomic mass is 10.1. The molecule has 0 aliphatic rings. The van der Waals surface area contributed by atoms with Crippen LogP contribution in [0.5, 0.6) is 5.75 Å². The molecule has 5 nitrogen and oxygen atoms in total. The number of carbonyl (C=O) groups is 1. The van der Waals surface area contributed by atoms with Crippen molar-refractivity contribution in [3.8, 4) is 5.75 Å². The first-order valence-electron chi connectivity index (χ1n) is 6.75. The lowest BCUT2D eigenvalue weighted by molar-refractivity contribution is 0.102. The van der Waals surface area contributed by atoms with E-state index >= 15 is 0 Å². The van der Waals surface area contributed by atoms with Gasteiger partial charge in [-0.15, -0.1) is 0 Å². The summed E-state index contributed by atoms with van der Waals surface area (Å²) >= 11 is 5.92. The van der Waals surface area contributed by atoms with Crippen molar-refractivity contribution in [3.63, 3.8) is 0 Å². The van der Waals surface area contributed by atoms with Crippen molar-refractivity contribution in [2.24, 2.45) is 0 Å². The third-order valence-electron chi connectivity index (χ3n) is 3.27. The number of anilines is 1. The molecule has 2 aromatic carbocycles. The number of hydrogen-bond acceptors (Lipinski definition) is 4. The van der Waals surface area contributed by atoms with E-state index in [1.807, 2.05) is 0 Å². The Morgan fingerprint density at radius 2 is 2.00 bits per heavy atom. The molecule has 1 heterocycles. The number of methoxy groups -OCH3 is 1. The highest BCUT2D eigenvalue weighted by Crippen LogP contribution is 2.20. The van der Waals surface area contributed by atoms with Gasteiger partial charge >= 0.3 is 5.63 Å². The fourth-order valence-electron chi connectivity index (χ4n) is 2.15. The van der Waals surface area contributed by atoms with E-state index < -0.39 is 11.5 Å². The van der Waals surface area contributed by atoms with Crippen LogP contribution in [0.1, 0.15) is 10.4 Å². The van der Waals surface area contributed by atoms with Crippen molar-refractivity contribution in [2.75, 3.05) is 12.4 Å². The van der Waals surface area contributed by atoms with Crippen molar-refractivity contribution >= 4 is 34.2 Å². The molecule has 0 spiro atoms. The van der Waals surface area contributed by atoms with Gasteiger partial charge in [0.05, 0.1) is 7.11 Å². The third kappa shape index (κ3) is 3.19. The molecule has 1 N–H and O–H groups in total. The Morgan fingerprint density at radius 3 is 2.78 bits per heavy atom. The average molecular weight is 330 g/mol. The summed E-state index contributed by atoms with van der Waals surface area (Å²) in [6, 6.07) is 13.1. The van der Waals surface area contributed by atoms with Gasteiger partial charge in [0.25, 0.3) is 5.91 Å². The summed E-state index contributed by atoms with van der Waals surface area (Å²) in [6.45, 7) is 0. The molecule has 116 valence electrons. The lowest BCUT2D eigenvalue weighted by Crippen LogP contribution is -2.20. The number of nitrogens with one attached hydrogen (secondary N) is 1. The molecule has 23 heavy (non-hydrogen) atoms. The Hall–Kier alpha value is -2.79. The minimum Gasteiger partial charge on any atom is -0.497 e. The Labute approximate surface area is 136 Å². The maximum Gasteiger partial charge on any atom is 0.349 e. The number of hydrogen-bond donors (Lipinski definition) is 1. The summed E-state index contributed by atoms with van der Waals surface area (Å²) in [5.74, 6) is 0.0361. The monoisotopic (exact) mass is 329 g/mol. The normalized spacial score (nSPS) is 10.5. The number of fused-ring (bicyclic) bond motifs is 1. The molecule has 0 bridgehead atoms. The van der Waals surface area contributed by atoms with Gasteiger partial charge in [-0.3, -0.25) is 4.79 Å². The van der Waals surface area contributed by atoms with Gasteiger partial charge < -0.3 is 14.5 Å². The molecule has 3 aromatic rings. The van der Waals surface area contributed by atoms with Crippen LogP contribution < -0.4 is 15.7 Å². The van der Waals surface area contributed by atoms with E-state index in [0.717, 1.165) is 0 Å². The van der Waals surface area contributed by atoms with E-state index in [4.69, 9.17) is 20.8 Å². The number of rotatable bonds is 3. The molecule has 0 fully saturated rings.